The van der Waals surface area contributed by atoms with Crippen molar-refractivity contribution in [3.8, 4) is 0 Å². The van der Waals surface area contributed by atoms with Gasteiger partial charge in [0.2, 0.25) is 0 Å². The number of hydrogen-bond donors (Lipinski definition) is 1. The quantitative estimate of drug-likeness (QED) is 0.745. The van der Waals surface area contributed by atoms with Crippen molar-refractivity contribution in [1.82, 2.24) is 0 Å². The molecule has 0 unspecified atom stereocenters. The molecular weight excluding hydrogens is 176 g/mol. The van der Waals surface area contributed by atoms with Crippen LogP contribution in [0.2, 0.25) is 0 Å². The molecule has 1 aromatic rings. The van der Waals surface area contributed by atoms with Crippen molar-refractivity contribution in [3.63, 3.8) is 0 Å². The smallest absolute Gasteiger partial charge is 0.165 e. The summed E-state index contributed by atoms with van der Waals surface area (Å²) < 4.78 is 0. The molecule has 2 heteroatoms. The third-order valence-corrected chi connectivity index (χ3v) is 2.48. The van der Waals surface area contributed by atoms with Crippen LogP contribution in [0.15, 0.2) is 12.1 Å². The normalized spacial score (nSPS) is 10.3. The zero-order valence-electron chi connectivity index (χ0n) is 8.92. The molecule has 1 N–H and O–H groups in total. The fourth-order valence-corrected chi connectivity index (χ4v) is 1.50. The molecule has 0 heterocycles. The molecule has 1 rings (SSSR count). The molecule has 0 fully saturated rings. The number of Topliss-reactive ketones (excluding diaryl/α,β-unsaturated/α-hetero) is 1. The summed E-state index contributed by atoms with van der Waals surface area (Å²) >= 11 is 0. The Hall–Kier alpha value is -1.15. The Balaban J connectivity index is 3.09. The zero-order chi connectivity index (χ0) is 10.7. The molecule has 0 aliphatic carbocycles. The Morgan fingerprint density at radius 3 is 2.29 bits per heavy atom. The number of rotatable bonds is 3. The molecule has 0 radical (unpaired) electrons. The van der Waals surface area contributed by atoms with Crippen LogP contribution in [0.3, 0.4) is 0 Å². The van der Waals surface area contributed by atoms with Crippen molar-refractivity contribution >= 4 is 5.78 Å². The summed E-state index contributed by atoms with van der Waals surface area (Å²) in [6, 6.07) is 3.92. The van der Waals surface area contributed by atoms with Crippen molar-refractivity contribution in [2.75, 3.05) is 6.61 Å². The Labute approximate surface area is 84.6 Å². The van der Waals surface area contributed by atoms with Gasteiger partial charge >= 0.3 is 0 Å². The summed E-state index contributed by atoms with van der Waals surface area (Å²) in [5.74, 6) is 0.0214. The Bertz CT molecular complexity index is 354. The number of ketones is 1. The maximum absolute atomic E-state index is 11.6. The fraction of sp³-hybridized carbons (Fsp3) is 0.417. The molecule has 0 spiro atoms. The van der Waals surface area contributed by atoms with Crippen LogP contribution in [0.5, 0.6) is 0 Å². The number of hydrogen-bond acceptors (Lipinski definition) is 2. The van der Waals surface area contributed by atoms with E-state index in [-0.39, 0.29) is 18.8 Å². The lowest BCUT2D eigenvalue weighted by Crippen LogP contribution is -2.05. The van der Waals surface area contributed by atoms with E-state index < -0.39 is 0 Å². The zero-order valence-corrected chi connectivity index (χ0v) is 8.92. The number of benzene rings is 1. The van der Waals surface area contributed by atoms with Gasteiger partial charge in [-0.2, -0.15) is 0 Å². The van der Waals surface area contributed by atoms with Gasteiger partial charge in [-0.1, -0.05) is 6.07 Å². The first-order valence-corrected chi connectivity index (χ1v) is 4.78. The highest BCUT2D eigenvalue weighted by Crippen LogP contribution is 2.16. The molecule has 0 saturated carbocycles. The number of aliphatic hydroxyl groups excluding tert-OH is 1. The van der Waals surface area contributed by atoms with Crippen LogP contribution in [0.1, 0.15) is 33.5 Å². The summed E-state index contributed by atoms with van der Waals surface area (Å²) in [6.07, 6.45) is 0.212. The van der Waals surface area contributed by atoms with Crippen LogP contribution in [0.25, 0.3) is 0 Å². The topological polar surface area (TPSA) is 37.3 Å². The number of carbonyl (C=O) groups excluding carboxylic acids is 1. The Morgan fingerprint density at radius 1 is 1.14 bits per heavy atom. The molecular formula is C12H16O2. The minimum atomic E-state index is -0.0782. The molecule has 14 heavy (non-hydrogen) atoms. The lowest BCUT2D eigenvalue weighted by atomic mass is 9.97. The van der Waals surface area contributed by atoms with Gasteiger partial charge in [0, 0.05) is 12.0 Å². The molecule has 0 aliphatic heterocycles. The lowest BCUT2D eigenvalue weighted by molar-refractivity contribution is 0.0956. The molecule has 0 atom stereocenters. The maximum atomic E-state index is 11.6. The van der Waals surface area contributed by atoms with Crippen LogP contribution >= 0.6 is 0 Å². The Kier molecular flexibility index (Phi) is 3.42. The number of aliphatic hydroxyl groups is 1. The highest BCUT2D eigenvalue weighted by molar-refractivity contribution is 5.97. The molecule has 0 amide bonds. The van der Waals surface area contributed by atoms with Crippen molar-refractivity contribution in [1.29, 1.82) is 0 Å². The molecule has 0 saturated heterocycles. The molecule has 0 aliphatic rings. The van der Waals surface area contributed by atoms with Crippen LogP contribution in [0.4, 0.5) is 0 Å². The van der Waals surface area contributed by atoms with E-state index in [2.05, 4.69) is 0 Å². The van der Waals surface area contributed by atoms with Crippen LogP contribution in [0, 0.1) is 20.8 Å². The highest BCUT2D eigenvalue weighted by Gasteiger charge is 2.09. The summed E-state index contributed by atoms with van der Waals surface area (Å²) in [6.45, 7) is 5.87. The second-order valence-electron chi connectivity index (χ2n) is 3.65. The second kappa shape index (κ2) is 4.38. The molecule has 0 aromatic heterocycles. The third kappa shape index (κ3) is 2.20. The predicted octanol–water partition coefficient (Wildman–Crippen LogP) is 2.18. The second-order valence-corrected chi connectivity index (χ2v) is 3.65. The summed E-state index contributed by atoms with van der Waals surface area (Å²) in [4.78, 5) is 11.6. The number of carbonyl (C=O) groups is 1. The van der Waals surface area contributed by atoms with E-state index in [0.29, 0.717) is 0 Å². The average molecular weight is 192 g/mol. The first-order chi connectivity index (χ1) is 6.56. The van der Waals surface area contributed by atoms with Gasteiger partial charge in [0.05, 0.1) is 6.61 Å². The standard InChI is InChI=1S/C12H16O2/c1-8-6-10(3)11(7-9(8)2)12(14)4-5-13/h6-7,13H,4-5H2,1-3H3. The van der Waals surface area contributed by atoms with Gasteiger partial charge < -0.3 is 5.11 Å². The number of aryl methyl sites for hydroxylation is 3. The van der Waals surface area contributed by atoms with E-state index in [0.717, 1.165) is 16.7 Å². The van der Waals surface area contributed by atoms with E-state index in [1.54, 1.807) is 0 Å². The van der Waals surface area contributed by atoms with Gasteiger partial charge in [0.25, 0.3) is 0 Å². The first-order valence-electron chi connectivity index (χ1n) is 4.78. The summed E-state index contributed by atoms with van der Waals surface area (Å²) in [5, 5.41) is 8.69. The van der Waals surface area contributed by atoms with Gasteiger partial charge in [0.1, 0.15) is 0 Å². The van der Waals surface area contributed by atoms with E-state index >= 15 is 0 Å². The molecule has 1 aromatic carbocycles. The average Bonchev–Trinajstić information content (AvgIpc) is 2.11. The van der Waals surface area contributed by atoms with Gasteiger partial charge in [-0.15, -0.1) is 0 Å². The summed E-state index contributed by atoms with van der Waals surface area (Å²) in [5.41, 5.74) is 4.05. The van der Waals surface area contributed by atoms with Gasteiger partial charge in [0.15, 0.2) is 5.78 Å². The first kappa shape index (κ1) is 10.9. The maximum Gasteiger partial charge on any atom is 0.165 e. The lowest BCUT2D eigenvalue weighted by Gasteiger charge is -2.08. The van der Waals surface area contributed by atoms with Gasteiger partial charge in [-0.25, -0.2) is 0 Å². The summed E-state index contributed by atoms with van der Waals surface area (Å²) in [7, 11) is 0. The Morgan fingerprint density at radius 2 is 1.71 bits per heavy atom. The van der Waals surface area contributed by atoms with E-state index in [1.807, 2.05) is 32.9 Å². The van der Waals surface area contributed by atoms with E-state index in [1.165, 1.54) is 5.56 Å². The molecule has 76 valence electrons. The third-order valence-electron chi connectivity index (χ3n) is 2.48. The van der Waals surface area contributed by atoms with Crippen molar-refractivity contribution in [2.24, 2.45) is 0 Å². The van der Waals surface area contributed by atoms with Crippen molar-refractivity contribution < 1.29 is 9.90 Å². The fourth-order valence-electron chi connectivity index (χ4n) is 1.50. The van der Waals surface area contributed by atoms with Gasteiger partial charge in [-0.3, -0.25) is 4.79 Å². The van der Waals surface area contributed by atoms with E-state index in [9.17, 15) is 4.79 Å². The molecule has 2 nitrogen and oxygen atoms in total. The largest absolute Gasteiger partial charge is 0.396 e. The van der Waals surface area contributed by atoms with Gasteiger partial charge in [-0.05, 0) is 43.5 Å². The van der Waals surface area contributed by atoms with Crippen molar-refractivity contribution in [2.45, 2.75) is 27.2 Å². The minimum absolute atomic E-state index is 0.0214. The minimum Gasteiger partial charge on any atom is -0.396 e. The van der Waals surface area contributed by atoms with E-state index in [4.69, 9.17) is 5.11 Å². The van der Waals surface area contributed by atoms with Crippen LogP contribution < -0.4 is 0 Å². The predicted molar refractivity (Wildman–Crippen MR) is 56.7 cm³/mol. The van der Waals surface area contributed by atoms with Crippen LogP contribution in [-0.2, 0) is 0 Å². The monoisotopic (exact) mass is 192 g/mol. The highest BCUT2D eigenvalue weighted by atomic mass is 16.3. The SMILES string of the molecule is Cc1cc(C)c(C(=O)CCO)cc1C. The van der Waals surface area contributed by atoms with Crippen molar-refractivity contribution in [3.05, 3.63) is 34.4 Å². The molecule has 0 bridgehead atoms. The van der Waals surface area contributed by atoms with Crippen LogP contribution in [-0.4, -0.2) is 17.5 Å².